The number of primary amides is 1. The van der Waals surface area contributed by atoms with Gasteiger partial charge < -0.3 is 35.6 Å². The van der Waals surface area contributed by atoms with Gasteiger partial charge in [0, 0.05) is 17.7 Å². The number of nitrogens with two attached hydrogens (primary N) is 1. The zero-order valence-corrected chi connectivity index (χ0v) is 24.1. The van der Waals surface area contributed by atoms with Gasteiger partial charge in [0.2, 0.25) is 11.8 Å². The van der Waals surface area contributed by atoms with Gasteiger partial charge in [0.05, 0.1) is 0 Å². The zero-order valence-electron chi connectivity index (χ0n) is 24.1. The minimum absolute atomic E-state index is 0.0383. The third-order valence-electron chi connectivity index (χ3n) is 8.47. The molecule has 4 aromatic rings. The highest BCUT2D eigenvalue weighted by molar-refractivity contribution is 5.93. The summed E-state index contributed by atoms with van der Waals surface area (Å²) in [5.41, 5.74) is 8.74. The third kappa shape index (κ3) is 4.34. The molecule has 3 aliphatic rings. The average Bonchev–Trinajstić information content (AvgIpc) is 3.68. The first-order valence-electron chi connectivity index (χ1n) is 14.5. The molecule has 224 valence electrons. The lowest BCUT2D eigenvalue weighted by Crippen LogP contribution is -2.49. The van der Waals surface area contributed by atoms with Crippen LogP contribution in [-0.4, -0.2) is 35.2 Å². The first-order chi connectivity index (χ1) is 21.3. The minimum Gasteiger partial charge on any atom is -0.469 e. The Bertz CT molecular complexity index is 1790. The molecule has 44 heavy (non-hydrogen) atoms. The molecule has 11 nitrogen and oxygen atoms in total. The van der Waals surface area contributed by atoms with Gasteiger partial charge in [-0.15, -0.1) is 0 Å². The Hall–Kier alpha value is -5.32. The van der Waals surface area contributed by atoms with Gasteiger partial charge in [0.1, 0.15) is 29.9 Å². The van der Waals surface area contributed by atoms with Crippen LogP contribution in [0.5, 0.6) is 5.75 Å². The fourth-order valence-electron chi connectivity index (χ4n) is 6.38. The summed E-state index contributed by atoms with van der Waals surface area (Å²) in [6, 6.07) is 20.9. The van der Waals surface area contributed by atoms with E-state index < -0.39 is 41.6 Å². The van der Waals surface area contributed by atoms with Crippen molar-refractivity contribution in [1.82, 2.24) is 15.6 Å². The number of benzene rings is 3. The maximum absolute atomic E-state index is 13.8. The van der Waals surface area contributed by atoms with Crippen molar-refractivity contribution >= 4 is 23.6 Å². The molecular weight excluding hydrogens is 562 g/mol. The Kier molecular flexibility index (Phi) is 6.53. The number of carbonyl (C=O) groups excluding carboxylic acids is 3. The van der Waals surface area contributed by atoms with Gasteiger partial charge >= 0.3 is 6.09 Å². The number of para-hydroxylation sites is 1. The van der Waals surface area contributed by atoms with Crippen molar-refractivity contribution in [1.29, 1.82) is 0 Å². The van der Waals surface area contributed by atoms with Crippen molar-refractivity contribution in [3.05, 3.63) is 112 Å². The number of ether oxygens (including phenoxy) is 2. The molecule has 1 spiro atoms. The first kappa shape index (κ1) is 27.5. The molecule has 0 saturated carbocycles. The molecule has 0 saturated heterocycles. The highest BCUT2D eigenvalue weighted by atomic mass is 16.5. The number of rotatable bonds is 5. The number of nitrogens with one attached hydrogen (secondary N) is 3. The summed E-state index contributed by atoms with van der Waals surface area (Å²) in [6.07, 6.45) is -1.22. The summed E-state index contributed by atoms with van der Waals surface area (Å²) >= 11 is 0. The van der Waals surface area contributed by atoms with E-state index >= 15 is 0 Å². The summed E-state index contributed by atoms with van der Waals surface area (Å²) in [5, 5.41) is 9.18. The fraction of sp³-hybridized carbons (Fsp3) is 0.273. The van der Waals surface area contributed by atoms with Gasteiger partial charge in [0.15, 0.2) is 17.7 Å². The van der Waals surface area contributed by atoms with Crippen molar-refractivity contribution in [3.8, 4) is 5.75 Å². The fourth-order valence-corrected chi connectivity index (χ4v) is 6.38. The quantitative estimate of drug-likeness (QED) is 0.271. The highest BCUT2D eigenvalue weighted by Crippen LogP contribution is 2.58. The van der Waals surface area contributed by atoms with Gasteiger partial charge in [-0.1, -0.05) is 74.5 Å². The van der Waals surface area contributed by atoms with E-state index in [-0.39, 0.29) is 36.3 Å². The zero-order chi connectivity index (χ0) is 30.6. The summed E-state index contributed by atoms with van der Waals surface area (Å²) in [4.78, 5) is 44.2. The Labute approximate surface area is 253 Å². The molecule has 0 radical (unpaired) electrons. The van der Waals surface area contributed by atoms with Gasteiger partial charge in [-0.3, -0.25) is 9.59 Å². The molecule has 4 heterocycles. The van der Waals surface area contributed by atoms with E-state index in [1.165, 1.54) is 0 Å². The predicted octanol–water partition coefficient (Wildman–Crippen LogP) is 3.92. The Morgan fingerprint density at radius 1 is 1.07 bits per heavy atom. The summed E-state index contributed by atoms with van der Waals surface area (Å²) in [6.45, 7) is 3.85. The monoisotopic (exact) mass is 593 g/mol. The van der Waals surface area contributed by atoms with Crippen molar-refractivity contribution in [3.63, 3.8) is 0 Å². The number of fused-ring (bicyclic) bond motifs is 4. The van der Waals surface area contributed by atoms with Crippen molar-refractivity contribution in [2.75, 3.05) is 5.32 Å². The van der Waals surface area contributed by atoms with E-state index in [0.29, 0.717) is 5.75 Å². The smallest absolute Gasteiger partial charge is 0.408 e. The van der Waals surface area contributed by atoms with E-state index in [4.69, 9.17) is 19.6 Å². The number of hydrogen-bond acceptors (Lipinski definition) is 8. The Morgan fingerprint density at radius 2 is 1.84 bits per heavy atom. The standard InChI is InChI=1S/C33H31N5O6/c1-17(2)25-30-38-26(28(34)39)27(44-30)33-20-10-6-7-11-22(20)35-31(33)43-24-13-12-19(14-21(24)33)15-23(29(40)37-25)36-32(41)42-16-18-8-4-3-5-9-18/h3-14,17,23,25,31,35H,15-16H2,1-2H3,(H2,34,39)(H,36,41)(H,37,40)/t23-,25-,31?,33-/m0/s1. The number of amides is 3. The van der Waals surface area contributed by atoms with Crippen molar-refractivity contribution in [2.45, 2.75) is 50.6 Å². The van der Waals surface area contributed by atoms with Crippen LogP contribution < -0.4 is 26.4 Å². The molecule has 0 aliphatic carbocycles. The molecule has 5 N–H and O–H groups in total. The molecule has 3 amide bonds. The van der Waals surface area contributed by atoms with Crippen LogP contribution in [0.1, 0.15) is 64.3 Å². The normalized spacial score (nSPS) is 22.8. The van der Waals surface area contributed by atoms with Crippen LogP contribution in [0.25, 0.3) is 0 Å². The van der Waals surface area contributed by atoms with Crippen LogP contribution in [0.3, 0.4) is 0 Å². The van der Waals surface area contributed by atoms with Gasteiger partial charge in [-0.05, 0) is 34.7 Å². The lowest BCUT2D eigenvalue weighted by atomic mass is 9.72. The van der Waals surface area contributed by atoms with E-state index in [9.17, 15) is 14.4 Å². The summed E-state index contributed by atoms with van der Waals surface area (Å²) in [5.74, 6) is -0.457. The second-order valence-electron chi connectivity index (χ2n) is 11.6. The van der Waals surface area contributed by atoms with Crippen LogP contribution in [0.2, 0.25) is 0 Å². The molecule has 4 bridgehead atoms. The maximum atomic E-state index is 13.8. The molecule has 1 aromatic heterocycles. The van der Waals surface area contributed by atoms with Crippen LogP contribution in [0, 0.1) is 5.92 Å². The second-order valence-corrected chi connectivity index (χ2v) is 11.6. The van der Waals surface area contributed by atoms with Gasteiger partial charge in [-0.25, -0.2) is 9.78 Å². The molecule has 3 aliphatic heterocycles. The number of nitrogens with zero attached hydrogens (tertiary/aromatic N) is 1. The molecule has 0 fully saturated rings. The number of oxazole rings is 1. The number of aromatic nitrogens is 1. The van der Waals surface area contributed by atoms with Crippen LogP contribution in [0.15, 0.2) is 77.2 Å². The largest absolute Gasteiger partial charge is 0.469 e. The number of alkyl carbamates (subject to hydrolysis) is 1. The Balaban J connectivity index is 1.35. The molecule has 3 aromatic carbocycles. The number of hydrogen-bond donors (Lipinski definition) is 4. The van der Waals surface area contributed by atoms with E-state index in [0.717, 1.165) is 27.9 Å². The highest BCUT2D eigenvalue weighted by Gasteiger charge is 2.61. The summed E-state index contributed by atoms with van der Waals surface area (Å²) < 4.78 is 18.4. The second kappa shape index (κ2) is 10.4. The SMILES string of the molecule is CC(C)[C@@H]1NC(=O)[C@@H](NC(=O)OCc2ccccc2)Cc2ccc3c(c2)[C@@]2(c4ccccc4NC2O3)c2oc1nc2C(N)=O. The first-order valence-corrected chi connectivity index (χ1v) is 14.5. The van der Waals surface area contributed by atoms with Gasteiger partial charge in [-0.2, -0.15) is 0 Å². The van der Waals surface area contributed by atoms with Gasteiger partial charge in [0.25, 0.3) is 5.91 Å². The average molecular weight is 594 g/mol. The van der Waals surface area contributed by atoms with E-state index in [2.05, 4.69) is 20.9 Å². The third-order valence-corrected chi connectivity index (χ3v) is 8.47. The van der Waals surface area contributed by atoms with Crippen molar-refractivity contribution in [2.24, 2.45) is 11.7 Å². The Morgan fingerprint density at radius 3 is 2.61 bits per heavy atom. The summed E-state index contributed by atoms with van der Waals surface area (Å²) in [7, 11) is 0. The topological polar surface area (TPSA) is 158 Å². The molecular formula is C33H31N5O6. The van der Waals surface area contributed by atoms with Crippen molar-refractivity contribution < 1.29 is 28.3 Å². The van der Waals surface area contributed by atoms with Crippen LogP contribution in [-0.2, 0) is 28.0 Å². The molecule has 11 heteroatoms. The lowest BCUT2D eigenvalue weighted by Gasteiger charge is -2.28. The van der Waals surface area contributed by atoms with E-state index in [1.54, 1.807) is 0 Å². The predicted molar refractivity (Wildman–Crippen MR) is 159 cm³/mol. The lowest BCUT2D eigenvalue weighted by molar-refractivity contribution is -0.124. The number of carbonyl (C=O) groups is 3. The maximum Gasteiger partial charge on any atom is 0.408 e. The van der Waals surface area contributed by atoms with E-state index in [1.807, 2.05) is 86.6 Å². The minimum atomic E-state index is -1.10. The van der Waals surface area contributed by atoms with Crippen LogP contribution >= 0.6 is 0 Å². The molecule has 1 unspecified atom stereocenters. The molecule has 4 atom stereocenters. The van der Waals surface area contributed by atoms with Crippen LogP contribution in [0.4, 0.5) is 10.5 Å². The molecule has 7 rings (SSSR count). The number of anilines is 1.